The topological polar surface area (TPSA) is 150 Å². The fourth-order valence-electron chi connectivity index (χ4n) is 14.3. The molecule has 0 radical (unpaired) electrons. The van der Waals surface area contributed by atoms with E-state index in [1.165, 1.54) is 19.6 Å². The zero-order chi connectivity index (χ0) is 62.3. The van der Waals surface area contributed by atoms with Gasteiger partial charge in [-0.3, -0.25) is 38.4 Å². The number of carbonyl (C=O) groups excluding carboxylic acids is 8. The monoisotopic (exact) mass is 1150 g/mol. The summed E-state index contributed by atoms with van der Waals surface area (Å²) < 4.78 is 0. The van der Waals surface area contributed by atoms with Gasteiger partial charge < -0.3 is 0 Å². The zero-order valence-electron chi connectivity index (χ0n) is 48.8. The molecule has 0 bridgehead atoms. The summed E-state index contributed by atoms with van der Waals surface area (Å²) >= 11 is 0. The van der Waals surface area contributed by atoms with Gasteiger partial charge in [-0.1, -0.05) is 102 Å². The summed E-state index contributed by atoms with van der Waals surface area (Å²) in [7, 11) is 0. The van der Waals surface area contributed by atoms with Crippen molar-refractivity contribution < 1.29 is 38.4 Å². The highest BCUT2D eigenvalue weighted by atomic mass is 16.2. The molecule has 8 amide bonds. The van der Waals surface area contributed by atoms with E-state index in [0.29, 0.717) is 89.5 Å². The molecule has 2 atom stereocenters. The van der Waals surface area contributed by atoms with E-state index in [4.69, 9.17) is 25.7 Å². The van der Waals surface area contributed by atoms with Gasteiger partial charge in [-0.05, 0) is 178 Å². The number of rotatable bonds is 6. The Bertz CT molecular complexity index is 4790. The fraction of sp³-hybridized carbons (Fsp3) is 0.158. The summed E-state index contributed by atoms with van der Waals surface area (Å²) in [5.41, 5.74) is 11.6. The molecular weight excluding hydrogens is 1100 g/mol. The van der Waals surface area contributed by atoms with Crippen LogP contribution in [0, 0.1) is 49.4 Å². The standard InChI is InChI=1S/2C38H26N2O4/c1-6-22-8-15-27-29(18-22)35(43)39(33(27)41)25-12-10-24(11-13-25)38(5)21-37(3,4)32-20-26(14-17-31(32)38)40-34(42)28-16-9-23(7-2)19-30(28)36(40)44;1-6-22-8-15-27-29(18-22)35(43)39(33(27)41)25-12-10-24(11-13-25)38(5)21-37(3,4)31-17-14-26(20-32(31)38)40-34(42)28-16-9-23(7-2)19-30(28)36(40)44/h2*1-2,8-20H,21H2,3-5H3. The molecule has 14 rings (SSSR count). The van der Waals surface area contributed by atoms with Gasteiger partial charge in [0.2, 0.25) is 0 Å². The van der Waals surface area contributed by atoms with Crippen LogP contribution >= 0.6 is 0 Å². The molecule has 0 spiro atoms. The van der Waals surface area contributed by atoms with E-state index in [0.717, 1.165) is 46.2 Å². The summed E-state index contributed by atoms with van der Waals surface area (Å²) in [5.74, 6) is 6.95. The van der Waals surface area contributed by atoms with Gasteiger partial charge in [-0.2, -0.15) is 0 Å². The van der Waals surface area contributed by atoms with Crippen LogP contribution in [0.15, 0.2) is 158 Å². The predicted octanol–water partition coefficient (Wildman–Crippen LogP) is 12.5. The second-order valence-corrected chi connectivity index (χ2v) is 24.7. The number of nitrogens with zero attached hydrogens (tertiary/aromatic N) is 4. The summed E-state index contributed by atoms with van der Waals surface area (Å²) in [6.07, 6.45) is 23.6. The number of terminal acetylenes is 4. The average Bonchev–Trinajstić information content (AvgIpc) is 3.70. The van der Waals surface area contributed by atoms with Crippen LogP contribution in [0.2, 0.25) is 0 Å². The third-order valence-electron chi connectivity index (χ3n) is 18.5. The molecule has 0 saturated heterocycles. The van der Waals surface area contributed by atoms with E-state index in [1.54, 1.807) is 97.1 Å². The number of benzene rings is 8. The lowest BCUT2D eigenvalue weighted by molar-refractivity contribution is 0.0910. The maximum atomic E-state index is 13.4. The molecule has 2 aliphatic carbocycles. The molecule has 0 saturated carbocycles. The summed E-state index contributed by atoms with van der Waals surface area (Å²) in [6, 6.07) is 45.9. The van der Waals surface area contributed by atoms with E-state index in [-0.39, 0.29) is 40.4 Å². The predicted molar refractivity (Wildman–Crippen MR) is 336 cm³/mol. The van der Waals surface area contributed by atoms with Crippen molar-refractivity contribution in [2.24, 2.45) is 0 Å². The van der Waals surface area contributed by atoms with E-state index < -0.39 is 28.6 Å². The highest BCUT2D eigenvalue weighted by Gasteiger charge is 2.50. The van der Waals surface area contributed by atoms with Crippen LogP contribution in [0.5, 0.6) is 0 Å². The summed E-state index contributed by atoms with van der Waals surface area (Å²) in [6.45, 7) is 13.0. The van der Waals surface area contributed by atoms with Crippen LogP contribution in [0.3, 0.4) is 0 Å². The Morgan fingerprint density at radius 2 is 0.545 bits per heavy atom. The van der Waals surface area contributed by atoms with E-state index in [9.17, 15) is 38.4 Å². The lowest BCUT2D eigenvalue weighted by Gasteiger charge is -2.29. The van der Waals surface area contributed by atoms with Crippen LogP contribution in [0.1, 0.15) is 193 Å². The molecule has 424 valence electrons. The van der Waals surface area contributed by atoms with Gasteiger partial charge in [0.25, 0.3) is 47.3 Å². The minimum Gasteiger partial charge on any atom is -0.268 e. The first-order valence-corrected chi connectivity index (χ1v) is 28.5. The fourth-order valence-corrected chi connectivity index (χ4v) is 14.3. The molecule has 2 unspecified atom stereocenters. The molecule has 6 aliphatic rings. The number of amides is 8. The molecule has 8 aromatic carbocycles. The number of carbonyl (C=O) groups is 8. The second kappa shape index (κ2) is 19.6. The molecule has 0 N–H and O–H groups in total. The van der Waals surface area contributed by atoms with E-state index >= 15 is 0 Å². The van der Waals surface area contributed by atoms with Crippen molar-refractivity contribution in [2.75, 3.05) is 19.6 Å². The zero-order valence-corrected chi connectivity index (χ0v) is 48.8. The molecule has 4 heterocycles. The van der Waals surface area contributed by atoms with Gasteiger partial charge in [0.15, 0.2) is 0 Å². The van der Waals surface area contributed by atoms with E-state index in [1.807, 2.05) is 60.7 Å². The first-order valence-electron chi connectivity index (χ1n) is 28.5. The minimum absolute atomic E-state index is 0.192. The van der Waals surface area contributed by atoms with Crippen LogP contribution < -0.4 is 19.6 Å². The Balaban J connectivity index is 0.000000162. The number of hydrogen-bond donors (Lipinski definition) is 0. The van der Waals surface area contributed by atoms with Crippen LogP contribution in [-0.4, -0.2) is 47.3 Å². The lowest BCUT2D eigenvalue weighted by Crippen LogP contribution is -2.30. The van der Waals surface area contributed by atoms with Gasteiger partial charge in [-0.25, -0.2) is 19.6 Å². The molecule has 0 fully saturated rings. The van der Waals surface area contributed by atoms with Crippen LogP contribution in [-0.2, 0) is 21.7 Å². The van der Waals surface area contributed by atoms with Crippen molar-refractivity contribution in [3.05, 3.63) is 258 Å². The van der Waals surface area contributed by atoms with Gasteiger partial charge in [0, 0.05) is 33.1 Å². The van der Waals surface area contributed by atoms with Crippen LogP contribution in [0.4, 0.5) is 22.7 Å². The number of anilines is 4. The smallest absolute Gasteiger partial charge is 0.266 e. The van der Waals surface area contributed by atoms with Crippen molar-refractivity contribution in [3.8, 4) is 49.4 Å². The number of imide groups is 4. The highest BCUT2D eigenvalue weighted by molar-refractivity contribution is 6.37. The molecule has 12 nitrogen and oxygen atoms in total. The Hall–Kier alpha value is -11.4. The number of hydrogen-bond acceptors (Lipinski definition) is 8. The third-order valence-corrected chi connectivity index (χ3v) is 18.5. The van der Waals surface area contributed by atoms with Gasteiger partial charge >= 0.3 is 0 Å². The van der Waals surface area contributed by atoms with Gasteiger partial charge in [0.1, 0.15) is 0 Å². The first kappa shape index (κ1) is 55.7. The highest BCUT2D eigenvalue weighted by Crippen LogP contribution is 2.56. The average molecular weight is 1150 g/mol. The largest absolute Gasteiger partial charge is 0.268 e. The lowest BCUT2D eigenvalue weighted by atomic mass is 9.75. The van der Waals surface area contributed by atoms with Crippen molar-refractivity contribution in [1.82, 2.24) is 0 Å². The van der Waals surface area contributed by atoms with Crippen LogP contribution in [0.25, 0.3) is 0 Å². The Kier molecular flexibility index (Phi) is 12.4. The molecule has 12 heteroatoms. The third kappa shape index (κ3) is 8.15. The molecule has 88 heavy (non-hydrogen) atoms. The first-order chi connectivity index (χ1) is 42.0. The molecule has 4 aliphatic heterocycles. The van der Waals surface area contributed by atoms with Gasteiger partial charge in [0.05, 0.1) is 67.3 Å². The quantitative estimate of drug-likeness (QED) is 0.118. The van der Waals surface area contributed by atoms with Crippen molar-refractivity contribution in [2.45, 2.75) is 76.0 Å². The van der Waals surface area contributed by atoms with Crippen molar-refractivity contribution >= 4 is 70.0 Å². The maximum absolute atomic E-state index is 13.4. The maximum Gasteiger partial charge on any atom is 0.266 e. The number of fused-ring (bicyclic) bond motifs is 6. The van der Waals surface area contributed by atoms with Crippen molar-refractivity contribution in [1.29, 1.82) is 0 Å². The SMILES string of the molecule is C#Cc1ccc2c(c1)C(=O)N(c1ccc(C3(C)CC(C)(C)c4cc(N5C(=O)c6ccc(C#C)cc6C5=O)ccc43)cc1)C2=O.C#Cc1ccc2c(c1)C(=O)N(c1ccc(C3(C)CC(C)(C)c4ccc(N5C(=O)c6ccc(C#C)cc6C5=O)cc43)cc1)C2=O. The Morgan fingerprint density at radius 3 is 0.875 bits per heavy atom. The summed E-state index contributed by atoms with van der Waals surface area (Å²) in [4.78, 5) is 111. The Labute approximate surface area is 508 Å². The van der Waals surface area contributed by atoms with E-state index in [2.05, 4.69) is 65.2 Å². The van der Waals surface area contributed by atoms with Crippen molar-refractivity contribution in [3.63, 3.8) is 0 Å². The Morgan fingerprint density at radius 1 is 0.284 bits per heavy atom. The molecule has 8 aromatic rings. The molecular formula is C76H52N4O8. The molecule has 0 aromatic heterocycles. The minimum atomic E-state index is -0.480. The van der Waals surface area contributed by atoms with Gasteiger partial charge in [-0.15, -0.1) is 25.7 Å². The normalized spacial score (nSPS) is 19.5. The summed E-state index contributed by atoms with van der Waals surface area (Å²) in [5, 5.41) is 0. The second-order valence-electron chi connectivity index (χ2n) is 24.7.